The van der Waals surface area contributed by atoms with Gasteiger partial charge < -0.3 is 5.11 Å². The summed E-state index contributed by atoms with van der Waals surface area (Å²) in [7, 11) is -3.99. The first-order valence-electron chi connectivity index (χ1n) is 10.6. The number of halogens is 1. The number of aryl methyl sites for hydroxylation is 1. The maximum atomic E-state index is 13.8. The lowest BCUT2D eigenvalue weighted by molar-refractivity contribution is 0.0226. The summed E-state index contributed by atoms with van der Waals surface area (Å²) in [5.41, 5.74) is 3.11. The minimum absolute atomic E-state index is 0.153. The molecule has 3 aromatic carbocycles. The summed E-state index contributed by atoms with van der Waals surface area (Å²) in [6.45, 7) is 3.87. The van der Waals surface area contributed by atoms with E-state index in [1.54, 1.807) is 30.3 Å². The van der Waals surface area contributed by atoms with Gasteiger partial charge in [0, 0.05) is 16.9 Å². The van der Waals surface area contributed by atoms with E-state index >= 15 is 0 Å². The van der Waals surface area contributed by atoms with Gasteiger partial charge in [0.25, 0.3) is 10.0 Å². The van der Waals surface area contributed by atoms with Crippen LogP contribution in [0, 0.1) is 12.8 Å². The zero-order chi connectivity index (χ0) is 22.9. The maximum Gasteiger partial charge on any atom is 0.266 e. The second-order valence-corrected chi connectivity index (χ2v) is 10.3. The molecule has 3 atom stereocenters. The average Bonchev–Trinajstić information content (AvgIpc) is 2.79. The van der Waals surface area contributed by atoms with E-state index in [4.69, 9.17) is 11.6 Å². The van der Waals surface area contributed by atoms with E-state index in [0.29, 0.717) is 17.1 Å². The quantitative estimate of drug-likeness (QED) is 0.514. The lowest BCUT2D eigenvalue weighted by atomic mass is 9.79. The number of rotatable bonds is 5. The number of benzene rings is 3. The van der Waals surface area contributed by atoms with Gasteiger partial charge in [-0.2, -0.15) is 0 Å². The molecule has 6 heteroatoms. The van der Waals surface area contributed by atoms with Gasteiger partial charge >= 0.3 is 0 Å². The lowest BCUT2D eigenvalue weighted by Gasteiger charge is -2.42. The van der Waals surface area contributed by atoms with Gasteiger partial charge in [-0.25, -0.2) is 12.7 Å². The van der Waals surface area contributed by atoms with Gasteiger partial charge in [0.2, 0.25) is 0 Å². The van der Waals surface area contributed by atoms with Crippen LogP contribution in [0.2, 0.25) is 5.02 Å². The Balaban J connectivity index is 1.92. The summed E-state index contributed by atoms with van der Waals surface area (Å²) < 4.78 is 28.7. The van der Waals surface area contributed by atoms with Crippen molar-refractivity contribution in [2.45, 2.75) is 37.3 Å². The van der Waals surface area contributed by atoms with Gasteiger partial charge in [0.1, 0.15) is 6.23 Å². The smallest absolute Gasteiger partial charge is 0.266 e. The number of allylic oxidation sites excluding steroid dienone is 1. The van der Waals surface area contributed by atoms with Gasteiger partial charge in [-0.05, 0) is 48.7 Å². The average molecular weight is 468 g/mol. The van der Waals surface area contributed by atoms with Crippen molar-refractivity contribution in [3.63, 3.8) is 0 Å². The number of hydrogen-bond acceptors (Lipinski definition) is 3. The van der Waals surface area contributed by atoms with Crippen LogP contribution in [0.4, 0.5) is 0 Å². The minimum Gasteiger partial charge on any atom is -0.372 e. The molecule has 3 aromatic rings. The minimum atomic E-state index is -3.99. The second-order valence-electron chi connectivity index (χ2n) is 8.10. The molecule has 4 rings (SSSR count). The second kappa shape index (κ2) is 9.10. The SMILES string of the molecule is CC[C@@H]1[C@@H](c2cccc(Cl)c2)C=C(c2ccccc2)N(S(=O)(=O)c2ccc(C)cc2)[C@@H]1O. The summed E-state index contributed by atoms with van der Waals surface area (Å²) in [5, 5.41) is 12.1. The molecule has 1 aliphatic heterocycles. The van der Waals surface area contributed by atoms with Crippen molar-refractivity contribution in [1.82, 2.24) is 4.31 Å². The van der Waals surface area contributed by atoms with E-state index < -0.39 is 16.3 Å². The molecular formula is C26H26ClNO3S. The first-order chi connectivity index (χ1) is 15.3. The molecule has 1 heterocycles. The van der Waals surface area contributed by atoms with E-state index in [0.717, 1.165) is 16.7 Å². The monoisotopic (exact) mass is 467 g/mol. The molecule has 0 aromatic heterocycles. The molecule has 4 nitrogen and oxygen atoms in total. The number of aliphatic hydroxyl groups excluding tert-OH is 1. The predicted molar refractivity (Wildman–Crippen MR) is 129 cm³/mol. The molecule has 0 saturated heterocycles. The molecule has 0 bridgehead atoms. The van der Waals surface area contributed by atoms with Crippen LogP contribution in [0.5, 0.6) is 0 Å². The molecular weight excluding hydrogens is 442 g/mol. The molecule has 0 aliphatic carbocycles. The van der Waals surface area contributed by atoms with Crippen LogP contribution in [0.25, 0.3) is 5.70 Å². The zero-order valence-corrected chi connectivity index (χ0v) is 19.6. The maximum absolute atomic E-state index is 13.8. The Kier molecular flexibility index (Phi) is 6.42. The number of nitrogens with zero attached hydrogens (tertiary/aromatic N) is 1. The highest BCUT2D eigenvalue weighted by Crippen LogP contribution is 2.44. The Bertz CT molecular complexity index is 1220. The van der Waals surface area contributed by atoms with Crippen LogP contribution in [-0.4, -0.2) is 24.1 Å². The topological polar surface area (TPSA) is 57.6 Å². The van der Waals surface area contributed by atoms with Crippen molar-refractivity contribution in [2.75, 3.05) is 0 Å². The molecule has 0 spiro atoms. The molecule has 0 fully saturated rings. The van der Waals surface area contributed by atoms with Gasteiger partial charge in [0.05, 0.1) is 10.6 Å². The fourth-order valence-corrected chi connectivity index (χ4v) is 6.09. The van der Waals surface area contributed by atoms with Crippen LogP contribution in [0.3, 0.4) is 0 Å². The Morgan fingerprint density at radius 2 is 1.66 bits per heavy atom. The van der Waals surface area contributed by atoms with E-state index in [2.05, 4.69) is 0 Å². The molecule has 0 amide bonds. The van der Waals surface area contributed by atoms with Crippen LogP contribution >= 0.6 is 11.6 Å². The summed E-state index contributed by atoms with van der Waals surface area (Å²) in [4.78, 5) is 0.153. The van der Waals surface area contributed by atoms with Crippen LogP contribution in [-0.2, 0) is 10.0 Å². The molecule has 166 valence electrons. The standard InChI is InChI=1S/C26H26ClNO3S/c1-3-23-24(20-10-7-11-21(27)16-20)17-25(19-8-5-4-6-9-19)28(26(23)29)32(30,31)22-14-12-18(2)13-15-22/h4-17,23-24,26,29H,3H2,1-2H3/t23-,24-,26-/m1/s1. The van der Waals surface area contributed by atoms with Gasteiger partial charge in [-0.3, -0.25) is 0 Å². The van der Waals surface area contributed by atoms with Crippen LogP contribution in [0.15, 0.2) is 89.8 Å². The van der Waals surface area contributed by atoms with Crippen LogP contribution in [0.1, 0.15) is 36.0 Å². The predicted octanol–water partition coefficient (Wildman–Crippen LogP) is 5.82. The summed E-state index contributed by atoms with van der Waals surface area (Å²) in [6.07, 6.45) is 1.32. The van der Waals surface area contributed by atoms with Crippen molar-refractivity contribution in [3.8, 4) is 0 Å². The van der Waals surface area contributed by atoms with E-state index in [1.807, 2.05) is 68.5 Å². The molecule has 0 radical (unpaired) electrons. The third-order valence-corrected chi connectivity index (χ3v) is 8.05. The molecule has 1 aliphatic rings. The molecule has 0 unspecified atom stereocenters. The van der Waals surface area contributed by atoms with Crippen LogP contribution < -0.4 is 0 Å². The number of sulfonamides is 1. The zero-order valence-electron chi connectivity index (χ0n) is 18.0. The largest absolute Gasteiger partial charge is 0.372 e. The normalized spacial score (nSPS) is 21.3. The third-order valence-electron chi connectivity index (χ3n) is 6.01. The fourth-order valence-electron chi connectivity index (χ4n) is 4.32. The summed E-state index contributed by atoms with van der Waals surface area (Å²) >= 11 is 6.25. The van der Waals surface area contributed by atoms with Crippen molar-refractivity contribution in [1.29, 1.82) is 0 Å². The summed E-state index contributed by atoms with van der Waals surface area (Å²) in [6, 6.07) is 23.6. The highest BCUT2D eigenvalue weighted by molar-refractivity contribution is 7.89. The van der Waals surface area contributed by atoms with Gasteiger partial charge in [-0.15, -0.1) is 0 Å². The van der Waals surface area contributed by atoms with E-state index in [-0.39, 0.29) is 16.7 Å². The Morgan fingerprint density at radius 3 is 2.28 bits per heavy atom. The number of hydrogen-bond donors (Lipinski definition) is 1. The van der Waals surface area contributed by atoms with Gasteiger partial charge in [0.15, 0.2) is 0 Å². The Morgan fingerprint density at radius 1 is 0.969 bits per heavy atom. The number of aliphatic hydroxyl groups is 1. The fraction of sp³-hybridized carbons (Fsp3) is 0.231. The highest BCUT2D eigenvalue weighted by Gasteiger charge is 2.43. The molecule has 32 heavy (non-hydrogen) atoms. The molecule has 1 N–H and O–H groups in total. The molecule has 0 saturated carbocycles. The lowest BCUT2D eigenvalue weighted by Crippen LogP contribution is -2.47. The van der Waals surface area contributed by atoms with Crippen molar-refractivity contribution in [2.24, 2.45) is 5.92 Å². The Hall–Kier alpha value is -2.60. The summed E-state index contributed by atoms with van der Waals surface area (Å²) in [5.74, 6) is -0.519. The first-order valence-corrected chi connectivity index (χ1v) is 12.5. The Labute approximate surface area is 194 Å². The van der Waals surface area contributed by atoms with E-state index in [9.17, 15) is 13.5 Å². The van der Waals surface area contributed by atoms with Crippen molar-refractivity contribution < 1.29 is 13.5 Å². The van der Waals surface area contributed by atoms with Gasteiger partial charge in [-0.1, -0.05) is 84.8 Å². The highest BCUT2D eigenvalue weighted by atomic mass is 35.5. The first kappa shape index (κ1) is 22.6. The van der Waals surface area contributed by atoms with E-state index in [1.165, 1.54) is 4.31 Å². The third kappa shape index (κ3) is 4.20. The van der Waals surface area contributed by atoms with Crippen molar-refractivity contribution >= 4 is 27.3 Å². The van der Waals surface area contributed by atoms with Crippen molar-refractivity contribution in [3.05, 3.63) is 107 Å².